The molecule has 0 amide bonds. The Labute approximate surface area is 106 Å². The Kier molecular flexibility index (Phi) is 2.71. The Bertz CT molecular complexity index is 625. The van der Waals surface area contributed by atoms with E-state index in [4.69, 9.17) is 5.73 Å². The molecule has 2 N–H and O–H groups in total. The van der Waals surface area contributed by atoms with E-state index in [1.54, 1.807) is 6.20 Å². The molecule has 0 spiro atoms. The molecule has 1 atom stereocenters. The van der Waals surface area contributed by atoms with Crippen LogP contribution in [-0.2, 0) is 6.42 Å². The lowest BCUT2D eigenvalue weighted by Crippen LogP contribution is -2.09. The maximum absolute atomic E-state index is 13.7. The molecule has 2 aromatic rings. The number of hydrogen-bond acceptors (Lipinski definition) is 1. The van der Waals surface area contributed by atoms with Gasteiger partial charge in [0.25, 0.3) is 0 Å². The third kappa shape index (κ3) is 1.66. The first-order valence-electron chi connectivity index (χ1n) is 6.41. The van der Waals surface area contributed by atoms with Crippen molar-refractivity contribution in [3.05, 3.63) is 41.6 Å². The molecule has 94 valence electrons. The van der Waals surface area contributed by atoms with E-state index in [0.717, 1.165) is 28.6 Å². The Balaban J connectivity index is 2.21. The summed E-state index contributed by atoms with van der Waals surface area (Å²) in [6.45, 7) is 2.76. The van der Waals surface area contributed by atoms with Crippen LogP contribution in [0.2, 0.25) is 0 Å². The second-order valence-electron chi connectivity index (χ2n) is 5.07. The van der Waals surface area contributed by atoms with E-state index in [2.05, 4.69) is 19.1 Å². The third-order valence-electron chi connectivity index (χ3n) is 3.73. The van der Waals surface area contributed by atoms with Crippen LogP contribution in [0.1, 0.15) is 24.5 Å². The standard InChI is InChI=1S/C15H17FN2/c1-10(8-17)7-11-5-6-12-9-18(16)14-4-2-3-13(11)15(12)14/h2-4,7,9-10H,5-6,8,17H2,1H3/b11-7+. The van der Waals surface area contributed by atoms with Crippen LogP contribution in [0, 0.1) is 5.92 Å². The maximum Gasteiger partial charge on any atom is 0.0821 e. The lowest BCUT2D eigenvalue weighted by Gasteiger charge is -2.17. The van der Waals surface area contributed by atoms with Crippen LogP contribution in [0.5, 0.6) is 0 Å². The normalized spacial score (nSPS) is 18.5. The van der Waals surface area contributed by atoms with Gasteiger partial charge in [0.05, 0.1) is 5.52 Å². The SMILES string of the molecule is CC(/C=C1\CCc2cn(F)c3cccc1c23)CN. The first kappa shape index (κ1) is 11.5. The van der Waals surface area contributed by atoms with Gasteiger partial charge in [0, 0.05) is 11.6 Å². The molecule has 0 radical (unpaired) electrons. The summed E-state index contributed by atoms with van der Waals surface area (Å²) in [5.41, 5.74) is 9.94. The van der Waals surface area contributed by atoms with Gasteiger partial charge in [-0.1, -0.05) is 29.6 Å². The first-order valence-corrected chi connectivity index (χ1v) is 6.41. The first-order chi connectivity index (χ1) is 8.70. The highest BCUT2D eigenvalue weighted by atomic mass is 19.2. The molecular weight excluding hydrogens is 227 g/mol. The van der Waals surface area contributed by atoms with Crippen LogP contribution in [0.25, 0.3) is 16.5 Å². The molecule has 1 aromatic heterocycles. The van der Waals surface area contributed by atoms with Crippen molar-refractivity contribution in [1.82, 2.24) is 4.79 Å². The monoisotopic (exact) mass is 244 g/mol. The van der Waals surface area contributed by atoms with Crippen molar-refractivity contribution in [1.29, 1.82) is 0 Å². The number of benzene rings is 1. The van der Waals surface area contributed by atoms with E-state index in [1.165, 1.54) is 11.1 Å². The van der Waals surface area contributed by atoms with E-state index in [9.17, 15) is 4.48 Å². The van der Waals surface area contributed by atoms with E-state index < -0.39 is 0 Å². The number of rotatable bonds is 2. The molecule has 1 aromatic carbocycles. The average Bonchev–Trinajstić information content (AvgIpc) is 2.71. The van der Waals surface area contributed by atoms with Crippen LogP contribution in [0.4, 0.5) is 4.48 Å². The smallest absolute Gasteiger partial charge is 0.0821 e. The van der Waals surface area contributed by atoms with Crippen LogP contribution in [0.15, 0.2) is 30.5 Å². The van der Waals surface area contributed by atoms with Gasteiger partial charge in [0.2, 0.25) is 0 Å². The minimum absolute atomic E-state index is 0.365. The maximum atomic E-state index is 13.7. The van der Waals surface area contributed by atoms with Crippen molar-refractivity contribution in [2.45, 2.75) is 19.8 Å². The summed E-state index contributed by atoms with van der Waals surface area (Å²) in [5, 5.41) is 1.07. The van der Waals surface area contributed by atoms with Gasteiger partial charge >= 0.3 is 0 Å². The van der Waals surface area contributed by atoms with E-state index in [1.807, 2.05) is 12.1 Å². The van der Waals surface area contributed by atoms with Crippen molar-refractivity contribution in [2.75, 3.05) is 6.54 Å². The van der Waals surface area contributed by atoms with Crippen LogP contribution >= 0.6 is 0 Å². The Hall–Kier alpha value is -1.61. The Morgan fingerprint density at radius 1 is 1.44 bits per heavy atom. The number of allylic oxidation sites excluding steroid dienone is 1. The largest absolute Gasteiger partial charge is 0.330 e. The fraction of sp³-hybridized carbons (Fsp3) is 0.333. The summed E-state index contributed by atoms with van der Waals surface area (Å²) in [5.74, 6) is 0.365. The number of nitrogens with zero attached hydrogens (tertiary/aromatic N) is 1. The molecule has 18 heavy (non-hydrogen) atoms. The fourth-order valence-corrected chi connectivity index (χ4v) is 2.77. The van der Waals surface area contributed by atoms with Crippen LogP contribution in [0.3, 0.4) is 0 Å². The van der Waals surface area contributed by atoms with Gasteiger partial charge < -0.3 is 5.73 Å². The van der Waals surface area contributed by atoms with Gasteiger partial charge in [-0.3, -0.25) is 0 Å². The molecule has 3 heteroatoms. The number of nitrogens with two attached hydrogens (primary N) is 1. The Morgan fingerprint density at radius 3 is 3.06 bits per heavy atom. The average molecular weight is 244 g/mol. The number of halogens is 1. The predicted octanol–water partition coefficient (Wildman–Crippen LogP) is 3.30. The second kappa shape index (κ2) is 4.25. The molecule has 2 nitrogen and oxygen atoms in total. The summed E-state index contributed by atoms with van der Waals surface area (Å²) < 4.78 is 13.7. The van der Waals surface area contributed by atoms with Crippen LogP contribution < -0.4 is 5.73 Å². The fourth-order valence-electron chi connectivity index (χ4n) is 2.77. The van der Waals surface area contributed by atoms with Gasteiger partial charge in [0.15, 0.2) is 0 Å². The van der Waals surface area contributed by atoms with Crippen molar-refractivity contribution in [3.63, 3.8) is 0 Å². The molecule has 0 saturated heterocycles. The third-order valence-corrected chi connectivity index (χ3v) is 3.73. The lowest BCUT2D eigenvalue weighted by molar-refractivity contribution is 0.387. The van der Waals surface area contributed by atoms with E-state index in [-0.39, 0.29) is 0 Å². The summed E-state index contributed by atoms with van der Waals surface area (Å²) in [6.07, 6.45) is 5.72. The molecular formula is C15H17FN2. The minimum Gasteiger partial charge on any atom is -0.330 e. The summed E-state index contributed by atoms with van der Waals surface area (Å²) >= 11 is 0. The van der Waals surface area contributed by atoms with Gasteiger partial charge in [-0.25, -0.2) is 0 Å². The number of aryl methyl sites for hydroxylation is 1. The van der Waals surface area contributed by atoms with Crippen molar-refractivity contribution < 1.29 is 4.48 Å². The van der Waals surface area contributed by atoms with Crippen molar-refractivity contribution in [3.8, 4) is 0 Å². The summed E-state index contributed by atoms with van der Waals surface area (Å²) in [4.78, 5) is 0.740. The molecule has 1 unspecified atom stereocenters. The highest BCUT2D eigenvalue weighted by Crippen LogP contribution is 2.37. The van der Waals surface area contributed by atoms with E-state index >= 15 is 0 Å². The van der Waals surface area contributed by atoms with Gasteiger partial charge in [-0.2, -0.15) is 4.79 Å². The van der Waals surface area contributed by atoms with Gasteiger partial charge in [0.1, 0.15) is 0 Å². The second-order valence-corrected chi connectivity index (χ2v) is 5.07. The molecule has 1 aliphatic rings. The molecule has 0 bridgehead atoms. The molecule has 1 heterocycles. The predicted molar refractivity (Wildman–Crippen MR) is 73.0 cm³/mol. The molecule has 0 aliphatic heterocycles. The lowest BCUT2D eigenvalue weighted by atomic mass is 9.87. The summed E-state index contributed by atoms with van der Waals surface area (Å²) in [7, 11) is 0. The quantitative estimate of drug-likeness (QED) is 0.863. The molecule has 3 rings (SSSR count). The highest BCUT2D eigenvalue weighted by molar-refractivity contribution is 5.97. The number of hydrogen-bond donors (Lipinski definition) is 1. The van der Waals surface area contributed by atoms with Crippen molar-refractivity contribution >= 4 is 16.5 Å². The van der Waals surface area contributed by atoms with Crippen LogP contribution in [-0.4, -0.2) is 11.3 Å². The zero-order valence-electron chi connectivity index (χ0n) is 10.5. The topological polar surface area (TPSA) is 30.9 Å². The molecule has 1 aliphatic carbocycles. The summed E-state index contributed by atoms with van der Waals surface area (Å²) in [6, 6.07) is 5.83. The van der Waals surface area contributed by atoms with E-state index in [0.29, 0.717) is 18.0 Å². The number of aromatic nitrogens is 1. The molecule has 0 fully saturated rings. The van der Waals surface area contributed by atoms with Gasteiger partial charge in [-0.05, 0) is 48.1 Å². The zero-order valence-corrected chi connectivity index (χ0v) is 10.5. The molecule has 0 saturated carbocycles. The van der Waals surface area contributed by atoms with Crippen molar-refractivity contribution in [2.24, 2.45) is 11.7 Å². The van der Waals surface area contributed by atoms with Gasteiger partial charge in [-0.15, -0.1) is 0 Å². The Morgan fingerprint density at radius 2 is 2.28 bits per heavy atom. The zero-order chi connectivity index (χ0) is 12.7. The highest BCUT2D eigenvalue weighted by Gasteiger charge is 2.19. The minimum atomic E-state index is 0.365.